The fourth-order valence-electron chi connectivity index (χ4n) is 2.52. The average Bonchev–Trinajstić information content (AvgIpc) is 2.95. The van der Waals surface area contributed by atoms with Gasteiger partial charge in [-0.05, 0) is 30.3 Å². The van der Waals surface area contributed by atoms with Crippen LogP contribution >= 0.6 is 10.6 Å². The lowest BCUT2D eigenvalue weighted by Crippen LogP contribution is -2.02. The largest absolute Gasteiger partial charge is 0.497 e. The van der Waals surface area contributed by atoms with Crippen LogP contribution in [0.2, 0.25) is 0 Å². The van der Waals surface area contributed by atoms with E-state index in [2.05, 4.69) is 0 Å². The molecule has 106 valence electrons. The molecule has 2 aromatic carbocycles. The van der Waals surface area contributed by atoms with E-state index in [1.54, 1.807) is 42.5 Å². The van der Waals surface area contributed by atoms with E-state index in [4.69, 9.17) is 13.1 Å². The minimum Gasteiger partial charge on any atom is -0.497 e. The van der Waals surface area contributed by atoms with Crippen molar-refractivity contribution in [3.63, 3.8) is 0 Å². The molecule has 0 saturated carbocycles. The maximum atomic E-state index is 12.2. The van der Waals surface area contributed by atoms with Gasteiger partial charge in [-0.25, -0.2) is 9.59 Å². The molecule has 2 heterocycles. The van der Waals surface area contributed by atoms with Crippen LogP contribution in [0, 0.1) is 0 Å². The molecule has 6 heteroatoms. The topological polar surface area (TPSA) is 61.8 Å². The Labute approximate surface area is 122 Å². The van der Waals surface area contributed by atoms with Crippen LogP contribution in [0.1, 0.15) is 20.7 Å². The van der Waals surface area contributed by atoms with E-state index in [0.717, 1.165) is 0 Å². The third kappa shape index (κ3) is 1.48. The lowest BCUT2D eigenvalue weighted by molar-refractivity contribution is 0.0711. The third-order valence-corrected chi connectivity index (χ3v) is 6.12. The molecule has 0 N–H and O–H groups in total. The van der Waals surface area contributed by atoms with Gasteiger partial charge in [0, 0.05) is 0 Å². The van der Waals surface area contributed by atoms with Crippen molar-refractivity contribution in [3.05, 3.63) is 53.6 Å². The SMILES string of the molecule is COc1ccc2c(c1)C(=O)OS21OC(=O)c2ccccc21. The molecule has 0 amide bonds. The summed E-state index contributed by atoms with van der Waals surface area (Å²) >= 11 is 0. The molecule has 21 heavy (non-hydrogen) atoms. The number of carbonyl (C=O) groups excluding carboxylic acids is 2. The van der Waals surface area contributed by atoms with E-state index in [1.807, 2.05) is 0 Å². The van der Waals surface area contributed by atoms with Crippen LogP contribution in [0.3, 0.4) is 0 Å². The lowest BCUT2D eigenvalue weighted by Gasteiger charge is -2.32. The van der Waals surface area contributed by atoms with Gasteiger partial charge in [0.15, 0.2) is 0 Å². The molecule has 0 aliphatic carbocycles. The first-order valence-corrected chi connectivity index (χ1v) is 7.72. The molecule has 2 aromatic rings. The van der Waals surface area contributed by atoms with Crippen molar-refractivity contribution < 1.29 is 22.7 Å². The predicted molar refractivity (Wildman–Crippen MR) is 74.4 cm³/mol. The van der Waals surface area contributed by atoms with E-state index in [-0.39, 0.29) is 0 Å². The van der Waals surface area contributed by atoms with Crippen molar-refractivity contribution in [2.75, 3.05) is 7.11 Å². The minimum absolute atomic E-state index is 0.383. The molecule has 0 fully saturated rings. The first-order chi connectivity index (χ1) is 10.2. The molecule has 2 aliphatic heterocycles. The summed E-state index contributed by atoms with van der Waals surface area (Å²) in [5, 5.41) is 0. The van der Waals surface area contributed by atoms with Gasteiger partial charge in [-0.15, -0.1) is 0 Å². The first kappa shape index (κ1) is 12.3. The number of ether oxygens (including phenoxy) is 1. The molecule has 5 nitrogen and oxygen atoms in total. The zero-order valence-corrected chi connectivity index (χ0v) is 11.8. The highest BCUT2D eigenvalue weighted by Gasteiger charge is 2.49. The van der Waals surface area contributed by atoms with Crippen molar-refractivity contribution in [1.29, 1.82) is 0 Å². The van der Waals surface area contributed by atoms with Gasteiger partial charge < -0.3 is 13.1 Å². The Balaban J connectivity index is 1.98. The highest BCUT2D eigenvalue weighted by atomic mass is 32.3. The molecular formula is C15H10O5S. The van der Waals surface area contributed by atoms with Gasteiger partial charge in [0.2, 0.25) is 0 Å². The summed E-state index contributed by atoms with van der Waals surface area (Å²) in [6.45, 7) is 0. The van der Waals surface area contributed by atoms with Crippen molar-refractivity contribution in [2.45, 2.75) is 9.79 Å². The predicted octanol–water partition coefficient (Wildman–Crippen LogP) is 3.09. The van der Waals surface area contributed by atoms with Crippen molar-refractivity contribution >= 4 is 22.5 Å². The number of benzene rings is 2. The fraction of sp³-hybridized carbons (Fsp3) is 0.0667. The number of hydrogen-bond donors (Lipinski definition) is 0. The van der Waals surface area contributed by atoms with Gasteiger partial charge in [0.1, 0.15) is 15.5 Å². The van der Waals surface area contributed by atoms with E-state index in [0.29, 0.717) is 26.7 Å². The van der Waals surface area contributed by atoms with Crippen molar-refractivity contribution in [2.24, 2.45) is 0 Å². The van der Waals surface area contributed by atoms with Crippen LogP contribution in [0.25, 0.3) is 0 Å². The number of hydrogen-bond acceptors (Lipinski definition) is 5. The van der Waals surface area contributed by atoms with E-state index >= 15 is 0 Å². The Morgan fingerprint density at radius 1 is 0.905 bits per heavy atom. The molecule has 0 radical (unpaired) electrons. The molecule has 1 spiro atoms. The third-order valence-electron chi connectivity index (χ3n) is 3.48. The van der Waals surface area contributed by atoms with Gasteiger partial charge in [-0.2, -0.15) is 0 Å². The highest BCUT2D eigenvalue weighted by Crippen LogP contribution is 2.72. The van der Waals surface area contributed by atoms with Crippen LogP contribution in [-0.4, -0.2) is 19.0 Å². The van der Waals surface area contributed by atoms with Crippen LogP contribution in [-0.2, 0) is 8.37 Å². The van der Waals surface area contributed by atoms with Crippen LogP contribution in [0.15, 0.2) is 52.3 Å². The smallest absolute Gasteiger partial charge is 0.363 e. The number of carbonyl (C=O) groups is 2. The fourth-order valence-corrected chi connectivity index (χ4v) is 5.13. The summed E-state index contributed by atoms with van der Waals surface area (Å²) in [5.41, 5.74) is 0.831. The maximum Gasteiger partial charge on any atom is 0.363 e. The zero-order chi connectivity index (χ0) is 14.6. The second-order valence-corrected chi connectivity index (χ2v) is 6.82. The monoisotopic (exact) mass is 302 g/mol. The van der Waals surface area contributed by atoms with Crippen molar-refractivity contribution in [3.8, 4) is 5.75 Å². The van der Waals surface area contributed by atoms with E-state index < -0.39 is 22.5 Å². The summed E-state index contributed by atoms with van der Waals surface area (Å²) < 4.78 is 16.2. The van der Waals surface area contributed by atoms with E-state index in [9.17, 15) is 9.59 Å². The maximum absolute atomic E-state index is 12.2. The van der Waals surface area contributed by atoms with Gasteiger partial charge in [-0.1, -0.05) is 22.7 Å². The molecule has 2 aliphatic rings. The summed E-state index contributed by atoms with van der Waals surface area (Å²) in [5.74, 6) is -0.403. The number of rotatable bonds is 1. The lowest BCUT2D eigenvalue weighted by atomic mass is 10.2. The summed E-state index contributed by atoms with van der Waals surface area (Å²) in [4.78, 5) is 25.4. The van der Waals surface area contributed by atoms with Gasteiger partial charge in [-0.3, -0.25) is 0 Å². The zero-order valence-electron chi connectivity index (χ0n) is 11.0. The summed E-state index contributed by atoms with van der Waals surface area (Å²) in [6, 6.07) is 12.0. The first-order valence-electron chi connectivity index (χ1n) is 6.24. The Bertz CT molecular complexity index is 800. The van der Waals surface area contributed by atoms with Crippen LogP contribution < -0.4 is 4.74 Å². The molecule has 0 bridgehead atoms. The van der Waals surface area contributed by atoms with E-state index in [1.165, 1.54) is 7.11 Å². The Morgan fingerprint density at radius 2 is 1.57 bits per heavy atom. The standard InChI is InChI=1S/C15H10O5S/c1-18-9-6-7-13-11(8-9)15(17)20-21(13)12-5-3-2-4-10(12)14(16)19-21/h2-8H,1H3. The molecular weight excluding hydrogens is 292 g/mol. The number of fused-ring (bicyclic) bond motifs is 4. The second-order valence-electron chi connectivity index (χ2n) is 4.60. The van der Waals surface area contributed by atoms with Crippen LogP contribution in [0.4, 0.5) is 0 Å². The molecule has 4 rings (SSSR count). The Hall–Kier alpha value is -2.47. The quantitative estimate of drug-likeness (QED) is 0.810. The minimum atomic E-state index is -2.52. The normalized spacial score (nSPS) is 24.8. The molecule has 1 unspecified atom stereocenters. The van der Waals surface area contributed by atoms with Gasteiger partial charge >= 0.3 is 11.9 Å². The average molecular weight is 302 g/mol. The second kappa shape index (κ2) is 4.02. The summed E-state index contributed by atoms with van der Waals surface area (Å²) in [7, 11) is -0.999. The molecule has 0 aromatic heterocycles. The Morgan fingerprint density at radius 3 is 2.33 bits per heavy atom. The summed E-state index contributed by atoms with van der Waals surface area (Å²) in [6.07, 6.45) is 0. The van der Waals surface area contributed by atoms with Gasteiger partial charge in [0.25, 0.3) is 0 Å². The highest BCUT2D eigenvalue weighted by molar-refractivity contribution is 8.27. The molecule has 1 atom stereocenters. The van der Waals surface area contributed by atoms with Crippen molar-refractivity contribution in [1.82, 2.24) is 0 Å². The van der Waals surface area contributed by atoms with Crippen LogP contribution in [0.5, 0.6) is 5.75 Å². The Kier molecular flexibility index (Phi) is 2.35. The molecule has 0 saturated heterocycles. The van der Waals surface area contributed by atoms with Gasteiger partial charge in [0.05, 0.1) is 18.2 Å². The number of methoxy groups -OCH3 is 1.